The molecule has 2 aliphatic heterocycles. The van der Waals surface area contributed by atoms with Gasteiger partial charge in [0.1, 0.15) is 5.82 Å². The Kier molecular flexibility index (Phi) is 3.02. The average Bonchev–Trinajstić information content (AvgIpc) is 2.79. The second-order valence-electron chi connectivity index (χ2n) is 4.91. The first-order valence-electron chi connectivity index (χ1n) is 6.38. The van der Waals surface area contributed by atoms with Crippen molar-refractivity contribution >= 4 is 11.7 Å². The molecule has 2 heterocycles. The van der Waals surface area contributed by atoms with Gasteiger partial charge in [-0.15, -0.1) is 0 Å². The number of rotatable bonds is 2. The third-order valence-corrected chi connectivity index (χ3v) is 3.79. The number of anilines is 1. The van der Waals surface area contributed by atoms with Crippen LogP contribution < -0.4 is 10.2 Å². The fraction of sp³-hybridized carbons (Fsp3) is 0.462. The van der Waals surface area contributed by atoms with E-state index >= 15 is 0 Å². The summed E-state index contributed by atoms with van der Waals surface area (Å²) >= 11 is 0. The van der Waals surface area contributed by atoms with E-state index in [-0.39, 0.29) is 24.5 Å². The van der Waals surface area contributed by atoms with Crippen molar-refractivity contribution < 1.29 is 14.3 Å². The van der Waals surface area contributed by atoms with E-state index < -0.39 is 0 Å². The van der Waals surface area contributed by atoms with Crippen LogP contribution in [0.3, 0.4) is 0 Å². The van der Waals surface area contributed by atoms with Crippen molar-refractivity contribution in [1.29, 1.82) is 0 Å². The van der Waals surface area contributed by atoms with Gasteiger partial charge in [0.15, 0.2) is 0 Å². The fourth-order valence-electron chi connectivity index (χ4n) is 2.81. The predicted octanol–water partition coefficient (Wildman–Crippen LogP) is 0.532. The van der Waals surface area contributed by atoms with Crippen LogP contribution >= 0.6 is 0 Å². The van der Waals surface area contributed by atoms with Gasteiger partial charge in [-0.05, 0) is 18.2 Å². The van der Waals surface area contributed by atoms with Crippen molar-refractivity contribution in [3.05, 3.63) is 29.6 Å². The smallest absolute Gasteiger partial charge is 0.317 e. The molecule has 0 spiro atoms. The van der Waals surface area contributed by atoms with Crippen LogP contribution in [0.2, 0.25) is 0 Å². The molecule has 0 aliphatic carbocycles. The van der Waals surface area contributed by atoms with E-state index in [2.05, 4.69) is 10.2 Å². The summed E-state index contributed by atoms with van der Waals surface area (Å²) in [5.74, 6) is -0.343. The van der Waals surface area contributed by atoms with Crippen molar-refractivity contribution in [3.8, 4) is 0 Å². The van der Waals surface area contributed by atoms with Crippen molar-refractivity contribution in [1.82, 2.24) is 10.2 Å². The number of benzene rings is 1. The fourth-order valence-corrected chi connectivity index (χ4v) is 2.81. The van der Waals surface area contributed by atoms with Gasteiger partial charge in [0.05, 0.1) is 12.6 Å². The highest BCUT2D eigenvalue weighted by Crippen LogP contribution is 2.25. The van der Waals surface area contributed by atoms with Crippen LogP contribution in [0.1, 0.15) is 5.56 Å². The number of hydrogen-bond acceptors (Lipinski definition) is 3. The number of nitrogens with one attached hydrogen (secondary N) is 1. The molecule has 0 radical (unpaired) electrons. The Bertz CT molecular complexity index is 509. The molecule has 2 amide bonds. The lowest BCUT2D eigenvalue weighted by molar-refractivity contribution is 0.197. The summed E-state index contributed by atoms with van der Waals surface area (Å²) in [6.07, 6.45) is 0. The third-order valence-electron chi connectivity index (χ3n) is 3.79. The molecule has 5 nitrogen and oxygen atoms in total. The van der Waals surface area contributed by atoms with Gasteiger partial charge < -0.3 is 20.2 Å². The molecule has 6 heteroatoms. The van der Waals surface area contributed by atoms with Crippen molar-refractivity contribution in [2.24, 2.45) is 0 Å². The third kappa shape index (κ3) is 2.12. The van der Waals surface area contributed by atoms with Crippen LogP contribution in [0.4, 0.5) is 14.9 Å². The Morgan fingerprint density at radius 1 is 1.42 bits per heavy atom. The van der Waals surface area contributed by atoms with Gasteiger partial charge in [-0.3, -0.25) is 0 Å². The lowest BCUT2D eigenvalue weighted by atomic mass is 10.1. The maximum atomic E-state index is 13.2. The Morgan fingerprint density at radius 3 is 3.05 bits per heavy atom. The highest BCUT2D eigenvalue weighted by atomic mass is 19.1. The summed E-state index contributed by atoms with van der Waals surface area (Å²) in [5.41, 5.74) is 1.44. The van der Waals surface area contributed by atoms with E-state index in [0.717, 1.165) is 5.69 Å². The predicted molar refractivity (Wildman–Crippen MR) is 68.4 cm³/mol. The molecule has 1 aromatic rings. The van der Waals surface area contributed by atoms with E-state index in [1.54, 1.807) is 6.07 Å². The first kappa shape index (κ1) is 12.2. The molecule has 19 heavy (non-hydrogen) atoms. The minimum absolute atomic E-state index is 0.00821. The van der Waals surface area contributed by atoms with Gasteiger partial charge in [0.25, 0.3) is 0 Å². The molecule has 0 saturated carbocycles. The van der Waals surface area contributed by atoms with Gasteiger partial charge in [-0.1, -0.05) is 0 Å². The number of amides is 2. The molecule has 2 aliphatic rings. The second-order valence-corrected chi connectivity index (χ2v) is 4.91. The summed E-state index contributed by atoms with van der Waals surface area (Å²) < 4.78 is 13.2. The molecule has 3 rings (SSSR count). The van der Waals surface area contributed by atoms with E-state index in [0.29, 0.717) is 31.7 Å². The summed E-state index contributed by atoms with van der Waals surface area (Å²) in [5, 5.41) is 12.2. The first-order chi connectivity index (χ1) is 9.19. The van der Waals surface area contributed by atoms with Crippen molar-refractivity contribution in [2.75, 3.05) is 31.1 Å². The number of carbonyl (C=O) groups excluding carboxylic acids is 1. The van der Waals surface area contributed by atoms with Gasteiger partial charge in [-0.2, -0.15) is 0 Å². The zero-order valence-electron chi connectivity index (χ0n) is 10.5. The van der Waals surface area contributed by atoms with Crippen molar-refractivity contribution in [3.63, 3.8) is 0 Å². The standard InChI is InChI=1S/C13H16FN3O2/c14-10-1-2-12(9(5-10)8-18)16-3-4-17-11(7-16)6-15-13(17)19/h1-2,5,11,18H,3-4,6-8H2,(H,15,19). The molecular weight excluding hydrogens is 249 g/mol. The Morgan fingerprint density at radius 2 is 2.26 bits per heavy atom. The van der Waals surface area contributed by atoms with Crippen LogP contribution in [0.25, 0.3) is 0 Å². The molecule has 1 atom stereocenters. The van der Waals surface area contributed by atoms with E-state index in [1.165, 1.54) is 12.1 Å². The summed E-state index contributed by atoms with van der Waals surface area (Å²) in [7, 11) is 0. The molecule has 0 bridgehead atoms. The molecule has 2 N–H and O–H groups in total. The number of urea groups is 1. The Balaban J connectivity index is 1.82. The number of nitrogens with zero attached hydrogens (tertiary/aromatic N) is 2. The monoisotopic (exact) mass is 265 g/mol. The Hall–Kier alpha value is -1.82. The minimum Gasteiger partial charge on any atom is -0.392 e. The zero-order chi connectivity index (χ0) is 13.4. The number of hydrogen-bond donors (Lipinski definition) is 2. The molecule has 1 aromatic carbocycles. The quantitative estimate of drug-likeness (QED) is 0.820. The number of carbonyl (C=O) groups is 1. The minimum atomic E-state index is -0.343. The number of halogens is 1. The Labute approximate surface area is 110 Å². The first-order valence-corrected chi connectivity index (χ1v) is 6.38. The molecule has 2 fully saturated rings. The SMILES string of the molecule is O=C1NCC2CN(c3ccc(F)cc3CO)CCN12. The van der Waals surface area contributed by atoms with Crippen LogP contribution in [0.5, 0.6) is 0 Å². The summed E-state index contributed by atoms with van der Waals surface area (Å²) in [6, 6.07) is 4.60. The highest BCUT2D eigenvalue weighted by molar-refractivity contribution is 5.77. The molecule has 2 saturated heterocycles. The number of piperazine rings is 1. The number of aliphatic hydroxyl groups is 1. The van der Waals surface area contributed by atoms with E-state index in [1.807, 2.05) is 4.90 Å². The highest BCUT2D eigenvalue weighted by Gasteiger charge is 2.35. The van der Waals surface area contributed by atoms with E-state index in [9.17, 15) is 14.3 Å². The average molecular weight is 265 g/mol. The van der Waals surface area contributed by atoms with E-state index in [4.69, 9.17) is 0 Å². The molecule has 1 unspecified atom stereocenters. The summed E-state index contributed by atoms with van der Waals surface area (Å²) in [4.78, 5) is 15.5. The van der Waals surface area contributed by atoms with Gasteiger partial charge in [-0.25, -0.2) is 9.18 Å². The van der Waals surface area contributed by atoms with Gasteiger partial charge in [0.2, 0.25) is 0 Å². The van der Waals surface area contributed by atoms with Crippen LogP contribution in [-0.4, -0.2) is 48.3 Å². The van der Waals surface area contributed by atoms with Gasteiger partial charge in [0, 0.05) is 37.4 Å². The topological polar surface area (TPSA) is 55.8 Å². The maximum Gasteiger partial charge on any atom is 0.317 e. The van der Waals surface area contributed by atoms with Gasteiger partial charge >= 0.3 is 6.03 Å². The lowest BCUT2D eigenvalue weighted by Gasteiger charge is -2.38. The number of aliphatic hydroxyl groups excluding tert-OH is 1. The summed E-state index contributed by atoms with van der Waals surface area (Å²) in [6.45, 7) is 2.51. The normalized spacial score (nSPS) is 22.4. The van der Waals surface area contributed by atoms with Crippen LogP contribution in [0.15, 0.2) is 18.2 Å². The molecular formula is C13H16FN3O2. The maximum absolute atomic E-state index is 13.2. The largest absolute Gasteiger partial charge is 0.392 e. The second kappa shape index (κ2) is 4.70. The molecule has 102 valence electrons. The van der Waals surface area contributed by atoms with Crippen LogP contribution in [0, 0.1) is 5.82 Å². The lowest BCUT2D eigenvalue weighted by Crippen LogP contribution is -2.52. The molecule has 0 aromatic heterocycles. The van der Waals surface area contributed by atoms with Crippen molar-refractivity contribution in [2.45, 2.75) is 12.6 Å². The van der Waals surface area contributed by atoms with Crippen LogP contribution in [-0.2, 0) is 6.61 Å². The number of fused-ring (bicyclic) bond motifs is 1. The zero-order valence-corrected chi connectivity index (χ0v) is 10.5.